The fourth-order valence-electron chi connectivity index (χ4n) is 1.13. The first kappa shape index (κ1) is 7.74. The number of hydrogen-bond donors (Lipinski definition) is 0. The van der Waals surface area contributed by atoms with E-state index in [2.05, 4.69) is 20.1 Å². The van der Waals surface area contributed by atoms with E-state index in [0.29, 0.717) is 0 Å². The normalized spacial score (nSPS) is 19.6. The molecule has 0 radical (unpaired) electrons. The summed E-state index contributed by atoms with van der Waals surface area (Å²) < 4.78 is 0. The van der Waals surface area contributed by atoms with Gasteiger partial charge in [-0.05, 0) is 5.92 Å². The van der Waals surface area contributed by atoms with Gasteiger partial charge in [-0.15, -0.1) is 13.2 Å². The van der Waals surface area contributed by atoms with Crippen molar-refractivity contribution in [1.29, 1.82) is 0 Å². The minimum absolute atomic E-state index is 1.05. The van der Waals surface area contributed by atoms with Crippen LogP contribution in [0, 0.1) is 5.92 Å². The predicted molar refractivity (Wildman–Crippen MR) is 38.9 cm³/mol. The van der Waals surface area contributed by atoms with Crippen molar-refractivity contribution in [2.24, 2.45) is 5.92 Å². The third kappa shape index (κ3) is 2.84. The molecule has 0 heteroatoms. The Bertz CT molecular complexity index is 42.0. The van der Waals surface area contributed by atoms with Gasteiger partial charge in [0.25, 0.3) is 0 Å². The van der Waals surface area contributed by atoms with Crippen molar-refractivity contribution in [2.45, 2.75) is 32.6 Å². The van der Waals surface area contributed by atoms with Crippen LogP contribution >= 0.6 is 0 Å². The van der Waals surface area contributed by atoms with Gasteiger partial charge in [0.05, 0.1) is 0 Å². The van der Waals surface area contributed by atoms with E-state index < -0.39 is 0 Å². The van der Waals surface area contributed by atoms with Gasteiger partial charge in [0.2, 0.25) is 0 Å². The molecule has 8 heavy (non-hydrogen) atoms. The van der Waals surface area contributed by atoms with Crippen molar-refractivity contribution in [2.75, 3.05) is 0 Å². The lowest BCUT2D eigenvalue weighted by atomic mass is 10.2. The van der Waals surface area contributed by atoms with Crippen molar-refractivity contribution in [3.05, 3.63) is 13.2 Å². The van der Waals surface area contributed by atoms with Gasteiger partial charge >= 0.3 is 0 Å². The molecule has 1 aliphatic rings. The van der Waals surface area contributed by atoms with Gasteiger partial charge in [0.1, 0.15) is 0 Å². The Morgan fingerprint density at radius 2 is 1.50 bits per heavy atom. The summed E-state index contributed by atoms with van der Waals surface area (Å²) in [7, 11) is 0. The van der Waals surface area contributed by atoms with Crippen LogP contribution in [0.4, 0.5) is 0 Å². The van der Waals surface area contributed by atoms with Crippen LogP contribution in [-0.4, -0.2) is 0 Å². The smallest absolute Gasteiger partial charge is 0.0443 e. The van der Waals surface area contributed by atoms with Crippen molar-refractivity contribution < 1.29 is 0 Å². The average molecular weight is 112 g/mol. The van der Waals surface area contributed by atoms with Gasteiger partial charge in [0, 0.05) is 0 Å². The molecule has 0 bridgehead atoms. The van der Waals surface area contributed by atoms with E-state index in [1.54, 1.807) is 0 Å². The van der Waals surface area contributed by atoms with E-state index in [0.717, 1.165) is 5.92 Å². The zero-order valence-corrected chi connectivity index (χ0v) is 5.82. The van der Waals surface area contributed by atoms with E-state index in [1.165, 1.54) is 25.7 Å². The molecular weight excluding hydrogens is 96.1 g/mol. The number of hydrogen-bond acceptors (Lipinski definition) is 0. The summed E-state index contributed by atoms with van der Waals surface area (Å²) in [6.07, 6.45) is 5.95. The molecule has 0 saturated heterocycles. The maximum Gasteiger partial charge on any atom is -0.0443 e. The largest absolute Gasteiger partial charge is 0.106 e. The van der Waals surface area contributed by atoms with Crippen LogP contribution in [0.1, 0.15) is 32.6 Å². The molecule has 0 heterocycles. The fraction of sp³-hybridized carbons (Fsp3) is 0.750. The molecule has 0 N–H and O–H groups in total. The Morgan fingerprint density at radius 3 is 1.62 bits per heavy atom. The molecule has 0 amide bonds. The SMILES string of the molecule is C=C.CC1CCCC1. The van der Waals surface area contributed by atoms with E-state index in [-0.39, 0.29) is 0 Å². The van der Waals surface area contributed by atoms with Crippen LogP contribution < -0.4 is 0 Å². The molecule has 48 valence electrons. The maximum absolute atomic E-state index is 3.00. The Kier molecular flexibility index (Phi) is 4.73. The van der Waals surface area contributed by atoms with Crippen LogP contribution in [0.15, 0.2) is 13.2 Å². The lowest BCUT2D eigenvalue weighted by Crippen LogP contribution is -1.78. The standard InChI is InChI=1S/C6H12.C2H4/c1-6-4-2-3-5-6;1-2/h6H,2-5H2,1H3;1-2H2. The highest BCUT2D eigenvalue weighted by atomic mass is 14.1. The van der Waals surface area contributed by atoms with Crippen molar-refractivity contribution in [3.63, 3.8) is 0 Å². The highest BCUT2D eigenvalue weighted by Gasteiger charge is 2.07. The summed E-state index contributed by atoms with van der Waals surface area (Å²) in [5.74, 6) is 1.05. The van der Waals surface area contributed by atoms with Crippen molar-refractivity contribution >= 4 is 0 Å². The lowest BCUT2D eigenvalue weighted by Gasteiger charge is -1.91. The molecule has 1 saturated carbocycles. The van der Waals surface area contributed by atoms with E-state index in [4.69, 9.17) is 0 Å². The Labute approximate surface area is 52.6 Å². The second-order valence-corrected chi connectivity index (χ2v) is 2.39. The van der Waals surface area contributed by atoms with Crippen LogP contribution in [0.3, 0.4) is 0 Å². The van der Waals surface area contributed by atoms with Gasteiger partial charge in [-0.3, -0.25) is 0 Å². The zero-order valence-electron chi connectivity index (χ0n) is 5.82. The molecule has 0 atom stereocenters. The summed E-state index contributed by atoms with van der Waals surface area (Å²) in [6, 6.07) is 0. The second kappa shape index (κ2) is 4.89. The molecule has 0 unspecified atom stereocenters. The molecule has 1 aliphatic carbocycles. The summed E-state index contributed by atoms with van der Waals surface area (Å²) in [5, 5.41) is 0. The Morgan fingerprint density at radius 1 is 1.12 bits per heavy atom. The first-order valence-electron chi connectivity index (χ1n) is 3.39. The summed E-state index contributed by atoms with van der Waals surface area (Å²) in [5.41, 5.74) is 0. The quantitative estimate of drug-likeness (QED) is 0.422. The molecular formula is C8H16. The van der Waals surface area contributed by atoms with Crippen LogP contribution in [-0.2, 0) is 0 Å². The molecule has 0 nitrogen and oxygen atoms in total. The van der Waals surface area contributed by atoms with Crippen molar-refractivity contribution in [1.82, 2.24) is 0 Å². The third-order valence-corrected chi connectivity index (χ3v) is 1.64. The molecule has 0 spiro atoms. The Hall–Kier alpha value is -0.260. The highest BCUT2D eigenvalue weighted by Crippen LogP contribution is 2.22. The van der Waals surface area contributed by atoms with E-state index in [1.807, 2.05) is 0 Å². The van der Waals surface area contributed by atoms with Crippen LogP contribution in [0.5, 0.6) is 0 Å². The molecule has 0 aliphatic heterocycles. The van der Waals surface area contributed by atoms with Gasteiger partial charge in [-0.25, -0.2) is 0 Å². The first-order valence-corrected chi connectivity index (χ1v) is 3.39. The lowest BCUT2D eigenvalue weighted by molar-refractivity contribution is 0.612. The van der Waals surface area contributed by atoms with Crippen LogP contribution in [0.25, 0.3) is 0 Å². The van der Waals surface area contributed by atoms with Gasteiger partial charge in [0.15, 0.2) is 0 Å². The van der Waals surface area contributed by atoms with Crippen LogP contribution in [0.2, 0.25) is 0 Å². The van der Waals surface area contributed by atoms with E-state index >= 15 is 0 Å². The van der Waals surface area contributed by atoms with Gasteiger partial charge < -0.3 is 0 Å². The summed E-state index contributed by atoms with van der Waals surface area (Å²) in [4.78, 5) is 0. The monoisotopic (exact) mass is 112 g/mol. The highest BCUT2D eigenvalue weighted by molar-refractivity contribution is 4.60. The number of rotatable bonds is 0. The fourth-order valence-corrected chi connectivity index (χ4v) is 1.13. The molecule has 1 fully saturated rings. The molecule has 0 aromatic heterocycles. The van der Waals surface area contributed by atoms with Crippen molar-refractivity contribution in [3.8, 4) is 0 Å². The Balaban J connectivity index is 0.000000222. The van der Waals surface area contributed by atoms with Gasteiger partial charge in [-0.1, -0.05) is 32.6 Å². The third-order valence-electron chi connectivity index (χ3n) is 1.64. The summed E-state index contributed by atoms with van der Waals surface area (Å²) >= 11 is 0. The molecule has 1 rings (SSSR count). The molecule has 0 aromatic carbocycles. The van der Waals surface area contributed by atoms with Gasteiger partial charge in [-0.2, -0.15) is 0 Å². The zero-order chi connectivity index (χ0) is 6.41. The summed E-state index contributed by atoms with van der Waals surface area (Å²) in [6.45, 7) is 8.34. The maximum atomic E-state index is 3.00. The molecule has 0 aromatic rings. The minimum Gasteiger partial charge on any atom is -0.106 e. The average Bonchev–Trinajstić information content (AvgIpc) is 2.24. The minimum atomic E-state index is 1.05. The topological polar surface area (TPSA) is 0 Å². The predicted octanol–water partition coefficient (Wildman–Crippen LogP) is 3.00. The second-order valence-electron chi connectivity index (χ2n) is 2.39. The first-order chi connectivity index (χ1) is 3.89. The van der Waals surface area contributed by atoms with E-state index in [9.17, 15) is 0 Å².